The summed E-state index contributed by atoms with van der Waals surface area (Å²) < 4.78 is 2.16. The van der Waals surface area contributed by atoms with E-state index >= 15 is 0 Å². The average Bonchev–Trinajstić information content (AvgIpc) is 2.54. The van der Waals surface area contributed by atoms with Crippen LogP contribution in [0.25, 0.3) is 22.2 Å². The number of aromatic nitrogens is 3. The van der Waals surface area contributed by atoms with Crippen LogP contribution < -0.4 is 15.8 Å². The minimum atomic E-state index is -0.881. The zero-order valence-electron chi connectivity index (χ0n) is 12.3. The van der Waals surface area contributed by atoms with Crippen molar-refractivity contribution >= 4 is 65.3 Å². The number of fused-ring (bicyclic) bond motifs is 1. The van der Waals surface area contributed by atoms with Gasteiger partial charge in [0.15, 0.2) is 0 Å². The molecule has 7 nitrogen and oxygen atoms in total. The topological polar surface area (TPSA) is 104 Å². The number of pyridine rings is 1. The Morgan fingerprint density at radius 3 is 2.64 bits per heavy atom. The summed E-state index contributed by atoms with van der Waals surface area (Å²) in [5.41, 5.74) is 6.47. The van der Waals surface area contributed by atoms with Crippen molar-refractivity contribution < 1.29 is 4.79 Å². The molecular weight excluding hydrogens is 403 g/mol. The Labute approximate surface area is 162 Å². The summed E-state index contributed by atoms with van der Waals surface area (Å²) in [6, 6.07) is 5.97. The Balaban J connectivity index is 2.37. The summed E-state index contributed by atoms with van der Waals surface area (Å²) in [5, 5.41) is 9.33. The van der Waals surface area contributed by atoms with Crippen molar-refractivity contribution in [3.05, 3.63) is 50.8 Å². The molecule has 2 amide bonds. The first-order chi connectivity index (χ1) is 11.8. The summed E-state index contributed by atoms with van der Waals surface area (Å²) in [6.07, 6.45) is 1.45. The molecule has 0 spiro atoms. The van der Waals surface area contributed by atoms with Gasteiger partial charge in [-0.25, -0.2) is 9.78 Å². The Morgan fingerprint density at radius 2 is 2.04 bits per heavy atom. The molecule has 128 valence electrons. The molecule has 0 aliphatic carbocycles. The number of nitrogens with two attached hydrogens (primary N) is 1. The van der Waals surface area contributed by atoms with Gasteiger partial charge in [0, 0.05) is 32.8 Å². The standard InChI is InChI=1S/C14H10Cl2N6OS2/c15-8-2-1-3-9(16)10(8)7-4-6-5-19-13(17)21(22(25)14(18)23)11(6)20-12(7)24/h1-5,17,25H,(H2,18,23)(H,20,24). The smallest absolute Gasteiger partial charge is 0.344 e. The predicted molar refractivity (Wildman–Crippen MR) is 103 cm³/mol. The summed E-state index contributed by atoms with van der Waals surface area (Å²) in [5.74, 6) is 0. The average molecular weight is 413 g/mol. The molecule has 0 aliphatic heterocycles. The third-order valence-corrected chi connectivity index (χ3v) is 4.73. The molecule has 0 fully saturated rings. The van der Waals surface area contributed by atoms with Crippen LogP contribution in [0.4, 0.5) is 4.79 Å². The van der Waals surface area contributed by atoms with Crippen LogP contribution in [0.2, 0.25) is 10.0 Å². The molecule has 0 aliphatic rings. The van der Waals surface area contributed by atoms with Crippen molar-refractivity contribution in [3.63, 3.8) is 0 Å². The molecule has 0 saturated carbocycles. The van der Waals surface area contributed by atoms with Gasteiger partial charge in [0.1, 0.15) is 10.3 Å². The summed E-state index contributed by atoms with van der Waals surface area (Å²) in [6.45, 7) is 0. The van der Waals surface area contributed by atoms with Crippen molar-refractivity contribution in [1.82, 2.24) is 14.6 Å². The van der Waals surface area contributed by atoms with Crippen molar-refractivity contribution in [3.8, 4) is 11.1 Å². The zero-order chi connectivity index (χ0) is 18.3. The van der Waals surface area contributed by atoms with Crippen LogP contribution in [-0.4, -0.2) is 20.7 Å². The highest BCUT2D eigenvalue weighted by atomic mass is 35.5. The molecule has 25 heavy (non-hydrogen) atoms. The molecule has 2 heterocycles. The van der Waals surface area contributed by atoms with Gasteiger partial charge in [0.05, 0.1) is 0 Å². The summed E-state index contributed by atoms with van der Waals surface area (Å²) in [7, 11) is 0. The number of urea groups is 1. The van der Waals surface area contributed by atoms with Crippen LogP contribution in [-0.2, 0) is 0 Å². The van der Waals surface area contributed by atoms with E-state index in [0.29, 0.717) is 36.8 Å². The first kappa shape index (κ1) is 17.7. The molecule has 0 radical (unpaired) electrons. The second-order valence-corrected chi connectivity index (χ2v) is 6.54. The minimum Gasteiger partial charge on any atom is -0.349 e. The van der Waals surface area contributed by atoms with Crippen molar-refractivity contribution in [2.45, 2.75) is 0 Å². The number of hydrogen-bond donors (Lipinski definition) is 4. The number of aromatic amines is 1. The highest BCUT2D eigenvalue weighted by molar-refractivity contribution is 7.82. The molecule has 4 N–H and O–H groups in total. The lowest BCUT2D eigenvalue weighted by Crippen LogP contribution is -2.44. The maximum Gasteiger partial charge on any atom is 0.344 e. The molecule has 0 unspecified atom stereocenters. The third kappa shape index (κ3) is 3.11. The molecule has 3 aromatic rings. The van der Waals surface area contributed by atoms with Crippen LogP contribution in [0.3, 0.4) is 0 Å². The summed E-state index contributed by atoms with van der Waals surface area (Å²) >= 11 is 21.9. The number of carbonyl (C=O) groups excluding carboxylic acids is 1. The van der Waals surface area contributed by atoms with Gasteiger partial charge in [0.2, 0.25) is 5.62 Å². The Morgan fingerprint density at radius 1 is 1.40 bits per heavy atom. The third-order valence-electron chi connectivity index (χ3n) is 3.41. The van der Waals surface area contributed by atoms with Crippen molar-refractivity contribution in [1.29, 1.82) is 5.41 Å². The van der Waals surface area contributed by atoms with Gasteiger partial charge in [-0.2, -0.15) is 9.09 Å². The van der Waals surface area contributed by atoms with Crippen LogP contribution in [0.15, 0.2) is 30.5 Å². The van der Waals surface area contributed by atoms with E-state index < -0.39 is 6.03 Å². The molecule has 2 aromatic heterocycles. The van der Waals surface area contributed by atoms with Gasteiger partial charge in [-0.15, -0.1) is 0 Å². The number of benzene rings is 1. The lowest BCUT2D eigenvalue weighted by Gasteiger charge is -2.18. The predicted octanol–water partition coefficient (Wildman–Crippen LogP) is 3.41. The Kier molecular flexibility index (Phi) is 4.74. The molecule has 1 aromatic carbocycles. The lowest BCUT2D eigenvalue weighted by atomic mass is 10.1. The van der Waals surface area contributed by atoms with E-state index in [9.17, 15) is 4.79 Å². The van der Waals surface area contributed by atoms with Crippen LogP contribution in [0.1, 0.15) is 0 Å². The van der Waals surface area contributed by atoms with Gasteiger partial charge < -0.3 is 10.7 Å². The molecule has 3 rings (SSSR count). The van der Waals surface area contributed by atoms with Gasteiger partial charge in [-0.3, -0.25) is 5.41 Å². The Bertz CT molecular complexity index is 1110. The quantitative estimate of drug-likeness (QED) is 0.382. The van der Waals surface area contributed by atoms with E-state index in [1.54, 1.807) is 24.3 Å². The van der Waals surface area contributed by atoms with E-state index in [1.807, 2.05) is 0 Å². The van der Waals surface area contributed by atoms with E-state index in [-0.39, 0.29) is 5.62 Å². The lowest BCUT2D eigenvalue weighted by molar-refractivity contribution is 0.253. The van der Waals surface area contributed by atoms with Gasteiger partial charge in [-0.1, -0.05) is 41.5 Å². The van der Waals surface area contributed by atoms with Gasteiger partial charge in [-0.05, 0) is 31.0 Å². The van der Waals surface area contributed by atoms with Crippen LogP contribution >= 0.6 is 48.2 Å². The number of thiol groups is 1. The number of H-pyrrole nitrogens is 1. The number of rotatable bonds is 2. The second kappa shape index (κ2) is 6.68. The van der Waals surface area contributed by atoms with E-state index in [4.69, 9.17) is 46.6 Å². The summed E-state index contributed by atoms with van der Waals surface area (Å²) in [4.78, 5) is 18.3. The molecule has 0 bridgehead atoms. The number of nitrogens with zero attached hydrogens (tertiary/aromatic N) is 3. The highest BCUT2D eigenvalue weighted by Gasteiger charge is 2.16. The van der Waals surface area contributed by atoms with E-state index in [1.165, 1.54) is 6.20 Å². The van der Waals surface area contributed by atoms with Crippen molar-refractivity contribution in [2.75, 3.05) is 4.41 Å². The largest absolute Gasteiger partial charge is 0.349 e. The van der Waals surface area contributed by atoms with Crippen LogP contribution in [0.5, 0.6) is 0 Å². The fourth-order valence-corrected chi connectivity index (χ4v) is 3.36. The first-order valence-electron chi connectivity index (χ1n) is 6.74. The fraction of sp³-hybridized carbons (Fsp3) is 0. The number of primary amides is 1. The molecule has 11 heteroatoms. The first-order valence-corrected chi connectivity index (χ1v) is 8.30. The molecule has 0 atom stereocenters. The highest BCUT2D eigenvalue weighted by Crippen LogP contribution is 2.35. The van der Waals surface area contributed by atoms with E-state index in [2.05, 4.69) is 22.8 Å². The SMILES string of the molecule is N=c1ncc2cc(-c3c(Cl)cccc3Cl)c(=S)[nH]c2n1N(S)C(N)=O. The monoisotopic (exact) mass is 412 g/mol. The van der Waals surface area contributed by atoms with E-state index in [0.717, 1.165) is 9.09 Å². The number of carbonyl (C=O) groups is 1. The maximum absolute atomic E-state index is 11.4. The fourth-order valence-electron chi connectivity index (χ4n) is 2.33. The number of halogens is 2. The normalized spacial score (nSPS) is 10.8. The second-order valence-electron chi connectivity index (χ2n) is 4.93. The Hall–Kier alpha value is -2.07. The molecular formula is C14H10Cl2N6OS2. The van der Waals surface area contributed by atoms with Gasteiger partial charge in [0.25, 0.3) is 0 Å². The number of nitrogens with one attached hydrogen (secondary N) is 2. The maximum atomic E-state index is 11.4. The minimum absolute atomic E-state index is 0.254. The van der Waals surface area contributed by atoms with Crippen LogP contribution in [0, 0.1) is 10.0 Å². The van der Waals surface area contributed by atoms with Crippen molar-refractivity contribution in [2.24, 2.45) is 5.73 Å². The zero-order valence-corrected chi connectivity index (χ0v) is 15.5. The number of hydrogen-bond acceptors (Lipinski definition) is 5. The van der Waals surface area contributed by atoms with Gasteiger partial charge >= 0.3 is 6.03 Å². The number of amides is 2. The molecule has 0 saturated heterocycles.